The monoisotopic (exact) mass is 489 g/mol. The summed E-state index contributed by atoms with van der Waals surface area (Å²) in [5, 5.41) is 0. The van der Waals surface area contributed by atoms with Crippen molar-refractivity contribution in [3.63, 3.8) is 0 Å². The zero-order chi connectivity index (χ0) is 26.5. The highest BCUT2D eigenvalue weighted by Gasteiger charge is 2.69. The summed E-state index contributed by atoms with van der Waals surface area (Å²) in [5.74, 6) is -0.523. The minimum atomic E-state index is -0.614. The number of carbonyl (C=O) groups excluding carboxylic acids is 3. The summed E-state index contributed by atoms with van der Waals surface area (Å²) in [6.45, 7) is 20.6. The van der Waals surface area contributed by atoms with Gasteiger partial charge < -0.3 is 9.53 Å². The Morgan fingerprint density at radius 1 is 1.06 bits per heavy atom. The summed E-state index contributed by atoms with van der Waals surface area (Å²) >= 11 is 0. The zero-order valence-electron chi connectivity index (χ0n) is 22.8. The molecular weight excluding hydrogens is 450 g/mol. The Morgan fingerprint density at radius 2 is 1.72 bits per heavy atom. The van der Waals surface area contributed by atoms with E-state index in [1.54, 1.807) is 0 Å². The van der Waals surface area contributed by atoms with Gasteiger partial charge in [0.25, 0.3) is 0 Å². The van der Waals surface area contributed by atoms with Gasteiger partial charge in [0.2, 0.25) is 5.70 Å². The van der Waals surface area contributed by atoms with E-state index in [1.807, 2.05) is 19.1 Å². The number of allylic oxidation sites excluding steroid dienone is 5. The third-order valence-corrected chi connectivity index (χ3v) is 11.6. The van der Waals surface area contributed by atoms with Gasteiger partial charge in [0.15, 0.2) is 11.6 Å². The molecule has 0 aromatic heterocycles. The Bertz CT molecular complexity index is 1230. The average molecular weight is 490 g/mol. The third-order valence-electron chi connectivity index (χ3n) is 11.6. The van der Waals surface area contributed by atoms with Gasteiger partial charge in [0.1, 0.15) is 0 Å². The topological polar surface area (TPSA) is 64.8 Å². The molecule has 3 saturated carbocycles. The maximum absolute atomic E-state index is 14.3. The first-order chi connectivity index (χ1) is 16.7. The van der Waals surface area contributed by atoms with Crippen LogP contribution < -0.4 is 0 Å². The Hall–Kier alpha value is -2.48. The lowest BCUT2D eigenvalue weighted by molar-refractivity contribution is -0.188. The number of fused-ring (bicyclic) bond motifs is 7. The lowest BCUT2D eigenvalue weighted by Crippen LogP contribution is -2.64. The predicted octanol–water partition coefficient (Wildman–Crippen LogP) is 6.41. The fraction of sp³-hybridized carbons (Fsp3) is 0.677. The molecule has 5 aliphatic rings. The highest BCUT2D eigenvalue weighted by molar-refractivity contribution is 6.11. The van der Waals surface area contributed by atoms with Crippen LogP contribution >= 0.6 is 0 Å². The quantitative estimate of drug-likeness (QED) is 0.315. The van der Waals surface area contributed by atoms with Gasteiger partial charge >= 0.3 is 5.97 Å². The van der Waals surface area contributed by atoms with Crippen molar-refractivity contribution in [3.8, 4) is 0 Å². The van der Waals surface area contributed by atoms with E-state index in [1.165, 1.54) is 7.11 Å². The molecule has 0 saturated heterocycles. The van der Waals surface area contributed by atoms with Crippen LogP contribution in [0.5, 0.6) is 0 Å². The van der Waals surface area contributed by atoms with Crippen LogP contribution in [0.3, 0.4) is 0 Å². The van der Waals surface area contributed by atoms with E-state index in [0.29, 0.717) is 5.57 Å². The summed E-state index contributed by atoms with van der Waals surface area (Å²) in [7, 11) is 1.48. The summed E-state index contributed by atoms with van der Waals surface area (Å²) in [6, 6.07) is 0. The van der Waals surface area contributed by atoms with E-state index < -0.39 is 10.8 Å². The van der Waals surface area contributed by atoms with Gasteiger partial charge in [-0.05, 0) is 98.2 Å². The molecular formula is C31H39NO4. The lowest BCUT2D eigenvalue weighted by atomic mass is 9.35. The molecule has 0 N–H and O–H groups in total. The first kappa shape index (κ1) is 25.2. The molecule has 6 atom stereocenters. The highest BCUT2D eigenvalue weighted by Crippen LogP contribution is 2.73. The van der Waals surface area contributed by atoms with Crippen molar-refractivity contribution >= 4 is 17.5 Å². The van der Waals surface area contributed by atoms with E-state index in [0.717, 1.165) is 56.1 Å². The van der Waals surface area contributed by atoms with Gasteiger partial charge in [-0.2, -0.15) is 0 Å². The Balaban J connectivity index is 1.71. The molecule has 5 rings (SSSR count). The summed E-state index contributed by atoms with van der Waals surface area (Å²) in [6.07, 6.45) is 9.42. The molecule has 0 heterocycles. The van der Waals surface area contributed by atoms with E-state index >= 15 is 0 Å². The van der Waals surface area contributed by atoms with Gasteiger partial charge in [0.05, 0.1) is 19.1 Å². The molecule has 0 radical (unpaired) electrons. The van der Waals surface area contributed by atoms with Crippen molar-refractivity contribution in [3.05, 3.63) is 46.0 Å². The van der Waals surface area contributed by atoms with E-state index in [2.05, 4.69) is 39.5 Å². The van der Waals surface area contributed by atoms with Crippen LogP contribution in [0.15, 0.2) is 34.6 Å². The molecule has 5 aliphatic carbocycles. The first-order valence-corrected chi connectivity index (χ1v) is 13.4. The second kappa shape index (κ2) is 7.53. The fourth-order valence-corrected chi connectivity index (χ4v) is 9.29. The van der Waals surface area contributed by atoms with Crippen LogP contribution in [0.25, 0.3) is 4.85 Å². The third kappa shape index (κ3) is 2.91. The van der Waals surface area contributed by atoms with Gasteiger partial charge in [-0.1, -0.05) is 39.3 Å². The Kier molecular flexibility index (Phi) is 5.26. The standard InChI is InChI=1S/C31H39NO4/c1-18-19-9-10-29(5)23(28(19,4)17-21(32-7)25(18)34)15-22(33)24-20-16-27(2,3)11-13-31(20,26(35)36-8)14-12-30(24,29)6/h15,17,20,24H,9-14,16H2,1-6,8H3/t20-,24-,28-,29+,30+,31-/m0/s1. The van der Waals surface area contributed by atoms with Crippen molar-refractivity contribution in [1.29, 1.82) is 0 Å². The predicted molar refractivity (Wildman–Crippen MR) is 137 cm³/mol. The van der Waals surface area contributed by atoms with Gasteiger partial charge in [0, 0.05) is 11.3 Å². The molecule has 0 aliphatic heterocycles. The maximum Gasteiger partial charge on any atom is 0.312 e. The molecule has 0 amide bonds. The number of carbonyl (C=O) groups is 3. The summed E-state index contributed by atoms with van der Waals surface area (Å²) in [5.41, 5.74) is 1.18. The molecule has 192 valence electrons. The van der Waals surface area contributed by atoms with Crippen molar-refractivity contribution in [1.82, 2.24) is 0 Å². The second-order valence-electron chi connectivity index (χ2n) is 13.6. The molecule has 0 bridgehead atoms. The van der Waals surface area contributed by atoms with Crippen LogP contribution in [0, 0.1) is 45.5 Å². The number of rotatable bonds is 1. The average Bonchev–Trinajstić information content (AvgIpc) is 2.82. The highest BCUT2D eigenvalue weighted by atomic mass is 16.5. The van der Waals surface area contributed by atoms with Crippen molar-refractivity contribution in [2.75, 3.05) is 7.11 Å². The molecule has 5 heteroatoms. The number of hydrogen-bond donors (Lipinski definition) is 0. The number of Topliss-reactive ketones (excluding diaryl/α,β-unsaturated/α-hetero) is 1. The van der Waals surface area contributed by atoms with Crippen molar-refractivity contribution < 1.29 is 19.1 Å². The number of methoxy groups -OCH3 is 1. The molecule has 5 nitrogen and oxygen atoms in total. The second-order valence-corrected chi connectivity index (χ2v) is 13.6. The maximum atomic E-state index is 14.3. The molecule has 36 heavy (non-hydrogen) atoms. The first-order valence-electron chi connectivity index (χ1n) is 13.4. The SMILES string of the molecule is [C-]#[N+]C1=C[C@]2(C)C3=CC(=O)[C@@H]4[C@@H]5CC(C)(C)CC[C@]5(C(=O)OC)CC[C@@]4(C)[C@]3(C)CCC2=C(C)C1=O. The van der Waals surface area contributed by atoms with Crippen molar-refractivity contribution in [2.45, 2.75) is 86.5 Å². The largest absolute Gasteiger partial charge is 0.469 e. The normalized spacial score (nSPS) is 43.2. The van der Waals surface area contributed by atoms with Gasteiger partial charge in [-0.3, -0.25) is 9.59 Å². The summed E-state index contributed by atoms with van der Waals surface area (Å²) in [4.78, 5) is 44.0. The smallest absolute Gasteiger partial charge is 0.312 e. The van der Waals surface area contributed by atoms with Crippen LogP contribution in [0.1, 0.15) is 86.5 Å². The van der Waals surface area contributed by atoms with Crippen LogP contribution in [0.2, 0.25) is 0 Å². The van der Waals surface area contributed by atoms with Gasteiger partial charge in [-0.15, -0.1) is 0 Å². The van der Waals surface area contributed by atoms with Crippen LogP contribution in [-0.2, 0) is 19.1 Å². The van der Waals surface area contributed by atoms with E-state index in [9.17, 15) is 14.4 Å². The number of ether oxygens (including phenoxy) is 1. The van der Waals surface area contributed by atoms with Crippen molar-refractivity contribution in [2.24, 2.45) is 38.9 Å². The van der Waals surface area contributed by atoms with E-state index in [4.69, 9.17) is 11.3 Å². The number of ketones is 2. The minimum absolute atomic E-state index is 0.0525. The molecule has 0 spiro atoms. The molecule has 0 aromatic carbocycles. The number of esters is 1. The van der Waals surface area contributed by atoms with Crippen LogP contribution in [0.4, 0.5) is 0 Å². The Labute approximate surface area is 215 Å². The lowest BCUT2D eigenvalue weighted by Gasteiger charge is -2.67. The van der Waals surface area contributed by atoms with Crippen LogP contribution in [-0.4, -0.2) is 24.6 Å². The van der Waals surface area contributed by atoms with Gasteiger partial charge in [-0.25, -0.2) is 4.85 Å². The number of nitrogens with zero attached hydrogens (tertiary/aromatic N) is 1. The molecule has 3 fully saturated rings. The molecule has 0 unspecified atom stereocenters. The van der Waals surface area contributed by atoms with E-state index in [-0.39, 0.29) is 51.3 Å². The number of hydrogen-bond acceptors (Lipinski definition) is 4. The fourth-order valence-electron chi connectivity index (χ4n) is 9.29. The Morgan fingerprint density at radius 3 is 2.36 bits per heavy atom. The minimum Gasteiger partial charge on any atom is -0.469 e. The summed E-state index contributed by atoms with van der Waals surface area (Å²) < 4.78 is 5.39. The zero-order valence-corrected chi connectivity index (χ0v) is 22.8. The molecule has 0 aromatic rings.